The van der Waals surface area contributed by atoms with Crippen LogP contribution in [0, 0.1) is 5.82 Å². The van der Waals surface area contributed by atoms with Gasteiger partial charge >= 0.3 is 6.18 Å². The fourth-order valence-electron chi connectivity index (χ4n) is 1.34. The van der Waals surface area contributed by atoms with Crippen molar-refractivity contribution < 1.29 is 22.3 Å². The van der Waals surface area contributed by atoms with E-state index in [1.54, 1.807) is 0 Å². The van der Waals surface area contributed by atoms with Gasteiger partial charge in [0.05, 0.1) is 6.20 Å². The van der Waals surface area contributed by atoms with E-state index in [2.05, 4.69) is 10.3 Å². The van der Waals surface area contributed by atoms with E-state index in [9.17, 15) is 17.6 Å². The van der Waals surface area contributed by atoms with Crippen molar-refractivity contribution >= 4 is 0 Å². The Kier molecular flexibility index (Phi) is 5.53. The van der Waals surface area contributed by atoms with E-state index in [-0.39, 0.29) is 18.0 Å². The third kappa shape index (κ3) is 5.02. The summed E-state index contributed by atoms with van der Waals surface area (Å²) < 4.78 is 55.0. The molecule has 0 aliphatic heterocycles. The number of ether oxygens (including phenoxy) is 1. The third-order valence-corrected chi connectivity index (χ3v) is 2.38. The van der Waals surface area contributed by atoms with Crippen molar-refractivity contribution in [2.75, 3.05) is 6.54 Å². The Bertz CT molecular complexity index is 409. The summed E-state index contributed by atoms with van der Waals surface area (Å²) in [6.07, 6.45) is -4.78. The highest BCUT2D eigenvalue weighted by molar-refractivity contribution is 5.26. The average Bonchev–Trinajstić information content (AvgIpc) is 2.31. The van der Waals surface area contributed by atoms with E-state index in [1.807, 2.05) is 6.92 Å². The average molecular weight is 280 g/mol. The van der Waals surface area contributed by atoms with Gasteiger partial charge in [-0.05, 0) is 26.0 Å². The van der Waals surface area contributed by atoms with Crippen molar-refractivity contribution in [2.24, 2.45) is 0 Å². The van der Waals surface area contributed by atoms with Crippen LogP contribution in [0.15, 0.2) is 12.3 Å². The molecule has 0 amide bonds. The summed E-state index contributed by atoms with van der Waals surface area (Å²) >= 11 is 0. The summed E-state index contributed by atoms with van der Waals surface area (Å²) in [7, 11) is 0. The van der Waals surface area contributed by atoms with Crippen molar-refractivity contribution in [3.8, 4) is 5.88 Å². The van der Waals surface area contributed by atoms with Crippen LogP contribution in [0.4, 0.5) is 17.6 Å². The summed E-state index contributed by atoms with van der Waals surface area (Å²) in [5.74, 6) is -0.810. The number of hydrogen-bond acceptors (Lipinski definition) is 3. The zero-order valence-corrected chi connectivity index (χ0v) is 10.7. The Morgan fingerprint density at radius 2 is 2.11 bits per heavy atom. The maximum Gasteiger partial charge on any atom is 0.425 e. The maximum atomic E-state index is 13.1. The van der Waals surface area contributed by atoms with E-state index in [1.165, 1.54) is 0 Å². The fourth-order valence-corrected chi connectivity index (χ4v) is 1.34. The molecule has 19 heavy (non-hydrogen) atoms. The second kappa shape index (κ2) is 6.70. The third-order valence-electron chi connectivity index (χ3n) is 2.38. The molecule has 1 atom stereocenters. The van der Waals surface area contributed by atoms with E-state index in [0.717, 1.165) is 25.6 Å². The van der Waals surface area contributed by atoms with Crippen LogP contribution in [-0.2, 0) is 6.54 Å². The van der Waals surface area contributed by atoms with Crippen molar-refractivity contribution in [2.45, 2.75) is 39.1 Å². The van der Waals surface area contributed by atoms with E-state index >= 15 is 0 Å². The molecule has 1 N–H and O–H groups in total. The fraction of sp³-hybridized carbons (Fsp3) is 0.583. The van der Waals surface area contributed by atoms with Crippen molar-refractivity contribution in [1.29, 1.82) is 0 Å². The first-order valence-corrected chi connectivity index (χ1v) is 5.93. The van der Waals surface area contributed by atoms with Crippen LogP contribution in [0.1, 0.15) is 25.8 Å². The van der Waals surface area contributed by atoms with Gasteiger partial charge in [-0.15, -0.1) is 0 Å². The lowest BCUT2D eigenvalue weighted by Crippen LogP contribution is -2.32. The molecule has 1 aromatic rings. The summed E-state index contributed by atoms with van der Waals surface area (Å²) in [4.78, 5) is 3.57. The first kappa shape index (κ1) is 15.7. The zero-order valence-electron chi connectivity index (χ0n) is 10.7. The smallest absolute Gasteiger partial charge is 0.425 e. The van der Waals surface area contributed by atoms with Crippen LogP contribution in [0.3, 0.4) is 0 Å². The molecular formula is C12H16F4N2O. The Morgan fingerprint density at radius 3 is 2.68 bits per heavy atom. The molecule has 1 aromatic heterocycles. The Labute approximate surface area is 109 Å². The SMILES string of the molecule is CCCNCc1cc(F)cnc1OC(C)C(F)(F)F. The molecular weight excluding hydrogens is 264 g/mol. The molecule has 3 nitrogen and oxygen atoms in total. The van der Waals surface area contributed by atoms with Crippen LogP contribution in [0.2, 0.25) is 0 Å². The highest BCUT2D eigenvalue weighted by Crippen LogP contribution is 2.26. The van der Waals surface area contributed by atoms with Gasteiger partial charge in [-0.1, -0.05) is 6.92 Å². The molecule has 7 heteroatoms. The standard InChI is InChI=1S/C12H16F4N2O/c1-3-4-17-6-9-5-10(13)7-18-11(9)19-8(2)12(14,15)16/h5,7-8,17H,3-4,6H2,1-2H3. The molecule has 0 aromatic carbocycles. The quantitative estimate of drug-likeness (QED) is 0.642. The van der Waals surface area contributed by atoms with Gasteiger partial charge in [-0.25, -0.2) is 9.37 Å². The van der Waals surface area contributed by atoms with Crippen molar-refractivity contribution in [3.63, 3.8) is 0 Å². The summed E-state index contributed by atoms with van der Waals surface area (Å²) in [6, 6.07) is 1.12. The van der Waals surface area contributed by atoms with Crippen LogP contribution < -0.4 is 10.1 Å². The molecule has 1 heterocycles. The molecule has 108 valence electrons. The lowest BCUT2D eigenvalue weighted by Gasteiger charge is -2.18. The highest BCUT2D eigenvalue weighted by atomic mass is 19.4. The molecule has 0 fully saturated rings. The normalized spacial score (nSPS) is 13.4. The largest absolute Gasteiger partial charge is 0.465 e. The van der Waals surface area contributed by atoms with Gasteiger partial charge in [0, 0.05) is 12.1 Å². The minimum Gasteiger partial charge on any atom is -0.465 e. The van der Waals surface area contributed by atoms with E-state index in [4.69, 9.17) is 4.74 Å². The van der Waals surface area contributed by atoms with Crippen LogP contribution in [0.25, 0.3) is 0 Å². The topological polar surface area (TPSA) is 34.2 Å². The van der Waals surface area contributed by atoms with Crippen molar-refractivity contribution in [3.05, 3.63) is 23.6 Å². The van der Waals surface area contributed by atoms with Gasteiger partial charge in [0.25, 0.3) is 0 Å². The van der Waals surface area contributed by atoms with E-state index in [0.29, 0.717) is 6.54 Å². The summed E-state index contributed by atoms with van der Waals surface area (Å²) in [5, 5.41) is 2.96. The molecule has 1 rings (SSSR count). The maximum absolute atomic E-state index is 13.1. The first-order chi connectivity index (χ1) is 8.84. The number of alkyl halides is 3. The summed E-state index contributed by atoms with van der Waals surface area (Å²) in [5.41, 5.74) is 0.268. The Balaban J connectivity index is 2.81. The Morgan fingerprint density at radius 1 is 1.42 bits per heavy atom. The number of aromatic nitrogens is 1. The van der Waals surface area contributed by atoms with Crippen LogP contribution in [0.5, 0.6) is 5.88 Å². The number of pyridine rings is 1. The molecule has 0 aliphatic rings. The van der Waals surface area contributed by atoms with Gasteiger partial charge in [0.2, 0.25) is 5.88 Å². The number of rotatable bonds is 6. The first-order valence-electron chi connectivity index (χ1n) is 5.93. The molecule has 0 saturated heterocycles. The van der Waals surface area contributed by atoms with Crippen LogP contribution in [-0.4, -0.2) is 23.8 Å². The molecule has 0 radical (unpaired) electrons. The minimum absolute atomic E-state index is 0.199. The molecule has 0 bridgehead atoms. The van der Waals surface area contributed by atoms with Gasteiger partial charge in [0.1, 0.15) is 5.82 Å². The molecule has 0 saturated carbocycles. The lowest BCUT2D eigenvalue weighted by molar-refractivity contribution is -0.190. The highest BCUT2D eigenvalue weighted by Gasteiger charge is 2.38. The summed E-state index contributed by atoms with van der Waals surface area (Å²) in [6.45, 7) is 3.71. The lowest BCUT2D eigenvalue weighted by atomic mass is 10.2. The van der Waals surface area contributed by atoms with Gasteiger partial charge < -0.3 is 10.1 Å². The number of hydrogen-bond donors (Lipinski definition) is 1. The van der Waals surface area contributed by atoms with Gasteiger partial charge in [-0.3, -0.25) is 0 Å². The van der Waals surface area contributed by atoms with Crippen molar-refractivity contribution in [1.82, 2.24) is 10.3 Å². The van der Waals surface area contributed by atoms with Gasteiger partial charge in [0.15, 0.2) is 6.10 Å². The van der Waals surface area contributed by atoms with Gasteiger partial charge in [-0.2, -0.15) is 13.2 Å². The minimum atomic E-state index is -4.48. The Hall–Kier alpha value is -1.37. The zero-order chi connectivity index (χ0) is 14.5. The number of halogens is 4. The number of nitrogens with zero attached hydrogens (tertiary/aromatic N) is 1. The number of nitrogens with one attached hydrogen (secondary N) is 1. The monoisotopic (exact) mass is 280 g/mol. The molecule has 0 spiro atoms. The molecule has 0 aliphatic carbocycles. The molecule has 1 unspecified atom stereocenters. The van der Waals surface area contributed by atoms with Crippen LogP contribution >= 0.6 is 0 Å². The second-order valence-electron chi connectivity index (χ2n) is 4.10. The van der Waals surface area contributed by atoms with E-state index < -0.39 is 18.1 Å². The second-order valence-corrected chi connectivity index (χ2v) is 4.10. The predicted octanol–water partition coefficient (Wildman–Crippen LogP) is 3.05. The predicted molar refractivity (Wildman–Crippen MR) is 62.3 cm³/mol.